The number of nitrogens with zero attached hydrogens (tertiary/aromatic N) is 4. The van der Waals surface area contributed by atoms with Crippen molar-refractivity contribution in [2.45, 2.75) is 46.2 Å². The lowest BCUT2D eigenvalue weighted by Gasteiger charge is -2.32. The van der Waals surface area contributed by atoms with Gasteiger partial charge in [0, 0.05) is 19.1 Å². The topological polar surface area (TPSA) is 118 Å². The van der Waals surface area contributed by atoms with Gasteiger partial charge >= 0.3 is 0 Å². The molecule has 1 aromatic carbocycles. The summed E-state index contributed by atoms with van der Waals surface area (Å²) >= 11 is 1.25. The van der Waals surface area contributed by atoms with Crippen LogP contribution in [0.5, 0.6) is 5.75 Å². The van der Waals surface area contributed by atoms with Crippen molar-refractivity contribution in [3.8, 4) is 5.75 Å². The minimum Gasteiger partial charge on any atom is -0.492 e. The zero-order chi connectivity index (χ0) is 24.9. The molecule has 0 aliphatic carbocycles. The summed E-state index contributed by atoms with van der Waals surface area (Å²) in [6.45, 7) is 7.36. The second-order valence-electron chi connectivity index (χ2n) is 8.75. The van der Waals surface area contributed by atoms with Gasteiger partial charge in [-0.2, -0.15) is 4.98 Å². The van der Waals surface area contributed by atoms with Gasteiger partial charge in [0.05, 0.1) is 18.2 Å². The van der Waals surface area contributed by atoms with E-state index in [1.165, 1.54) is 22.2 Å². The maximum absolute atomic E-state index is 13.1. The number of thiazole rings is 1. The number of fused-ring (bicyclic) bond motifs is 1. The molecule has 1 aliphatic rings. The molecule has 0 bridgehead atoms. The molecule has 10 nitrogen and oxygen atoms in total. The number of hydrogen-bond donors (Lipinski definition) is 2. The third-order valence-corrected chi connectivity index (χ3v) is 6.73. The lowest BCUT2D eigenvalue weighted by molar-refractivity contribution is -0.125. The average Bonchev–Trinajstić information content (AvgIpc) is 3.27. The molecule has 3 aromatic rings. The van der Waals surface area contributed by atoms with Gasteiger partial charge in [0.1, 0.15) is 23.3 Å². The van der Waals surface area contributed by atoms with Crippen LogP contribution in [-0.2, 0) is 16.1 Å². The molecule has 2 aromatic heterocycles. The van der Waals surface area contributed by atoms with Crippen LogP contribution in [0, 0.1) is 5.92 Å². The number of piperidine rings is 1. The number of hydrogen-bond acceptors (Lipinski definition) is 8. The molecule has 1 saturated heterocycles. The number of para-hydroxylation sites is 2. The van der Waals surface area contributed by atoms with Crippen LogP contribution in [0.3, 0.4) is 0 Å². The van der Waals surface area contributed by atoms with Gasteiger partial charge in [-0.05, 0) is 45.7 Å². The zero-order valence-electron chi connectivity index (χ0n) is 20.1. The molecule has 0 saturated carbocycles. The van der Waals surface area contributed by atoms with E-state index in [0.29, 0.717) is 40.1 Å². The highest BCUT2D eigenvalue weighted by atomic mass is 32.1. The molecule has 1 fully saturated rings. The van der Waals surface area contributed by atoms with Crippen LogP contribution in [0.4, 0.5) is 10.8 Å². The van der Waals surface area contributed by atoms with Gasteiger partial charge in [0.15, 0.2) is 10.8 Å². The molecule has 4 rings (SSSR count). The van der Waals surface area contributed by atoms with Crippen LogP contribution < -0.4 is 25.8 Å². The molecule has 1 unspecified atom stereocenters. The van der Waals surface area contributed by atoms with Crippen molar-refractivity contribution in [3.05, 3.63) is 40.9 Å². The molecule has 11 heteroatoms. The van der Waals surface area contributed by atoms with Crippen molar-refractivity contribution >= 4 is 44.3 Å². The summed E-state index contributed by atoms with van der Waals surface area (Å²) in [6, 6.07) is 7.23. The Bertz CT molecular complexity index is 1270. The number of carbonyl (C=O) groups is 2. The summed E-state index contributed by atoms with van der Waals surface area (Å²) in [7, 11) is 0. The number of rotatable bonds is 8. The number of nitrogens with one attached hydrogen (secondary N) is 2. The second-order valence-corrected chi connectivity index (χ2v) is 9.73. The number of benzene rings is 1. The standard InChI is InChI=1S/C24H30N6O4S/c1-4-34-18-10-6-5-9-17(18)27-19(31)13-30-14-25-21-20(23(30)33)35-24(28-21)29-11-7-8-16(12-29)22(32)26-15(2)3/h5-6,9-10,14-16H,4,7-8,11-13H2,1-3H3,(H,26,32)(H,27,31). The van der Waals surface area contributed by atoms with Gasteiger partial charge in [0.2, 0.25) is 11.8 Å². The van der Waals surface area contributed by atoms with Gasteiger partial charge in [0.25, 0.3) is 5.56 Å². The number of amides is 2. The van der Waals surface area contributed by atoms with Crippen molar-refractivity contribution in [3.63, 3.8) is 0 Å². The molecule has 0 spiro atoms. The van der Waals surface area contributed by atoms with Gasteiger partial charge in [-0.3, -0.25) is 19.0 Å². The molecule has 2 amide bonds. The van der Waals surface area contributed by atoms with Crippen molar-refractivity contribution in [2.75, 3.05) is 29.9 Å². The van der Waals surface area contributed by atoms with E-state index in [4.69, 9.17) is 4.74 Å². The van der Waals surface area contributed by atoms with Gasteiger partial charge in [-0.1, -0.05) is 23.5 Å². The first-order valence-electron chi connectivity index (χ1n) is 11.8. The number of carbonyl (C=O) groups excluding carboxylic acids is 2. The fourth-order valence-electron chi connectivity index (χ4n) is 4.05. The summed E-state index contributed by atoms with van der Waals surface area (Å²) < 4.78 is 7.20. The first-order valence-corrected chi connectivity index (χ1v) is 12.6. The Morgan fingerprint density at radius 1 is 1.29 bits per heavy atom. The lowest BCUT2D eigenvalue weighted by atomic mass is 9.97. The van der Waals surface area contributed by atoms with Crippen LogP contribution in [0.1, 0.15) is 33.6 Å². The predicted molar refractivity (Wildman–Crippen MR) is 136 cm³/mol. The van der Waals surface area contributed by atoms with E-state index < -0.39 is 0 Å². The highest BCUT2D eigenvalue weighted by molar-refractivity contribution is 7.22. The summed E-state index contributed by atoms with van der Waals surface area (Å²) in [5, 5.41) is 6.44. The van der Waals surface area contributed by atoms with E-state index in [0.717, 1.165) is 19.4 Å². The number of anilines is 2. The number of ether oxygens (including phenoxy) is 1. The van der Waals surface area contributed by atoms with Crippen LogP contribution in [0.25, 0.3) is 10.3 Å². The van der Waals surface area contributed by atoms with Crippen molar-refractivity contribution < 1.29 is 14.3 Å². The average molecular weight is 499 g/mol. The monoisotopic (exact) mass is 498 g/mol. The Labute approximate surface area is 207 Å². The van der Waals surface area contributed by atoms with Gasteiger partial charge in [-0.15, -0.1) is 0 Å². The van der Waals surface area contributed by atoms with E-state index in [2.05, 4.69) is 20.6 Å². The Morgan fingerprint density at radius 3 is 2.86 bits per heavy atom. The van der Waals surface area contributed by atoms with E-state index in [-0.39, 0.29) is 35.9 Å². The smallest absolute Gasteiger partial charge is 0.273 e. The third kappa shape index (κ3) is 5.79. The molecular weight excluding hydrogens is 468 g/mol. The molecule has 2 N–H and O–H groups in total. The van der Waals surface area contributed by atoms with Crippen LogP contribution >= 0.6 is 11.3 Å². The molecule has 3 heterocycles. The van der Waals surface area contributed by atoms with Crippen LogP contribution in [0.15, 0.2) is 35.4 Å². The number of aromatic nitrogens is 3. The van der Waals surface area contributed by atoms with Crippen LogP contribution in [0.2, 0.25) is 0 Å². The van der Waals surface area contributed by atoms with E-state index in [9.17, 15) is 14.4 Å². The summed E-state index contributed by atoms with van der Waals surface area (Å²) in [6.07, 6.45) is 3.04. The Balaban J connectivity index is 1.49. The normalized spacial score (nSPS) is 15.9. The molecule has 35 heavy (non-hydrogen) atoms. The van der Waals surface area contributed by atoms with Crippen LogP contribution in [-0.4, -0.2) is 52.1 Å². The van der Waals surface area contributed by atoms with Crippen molar-refractivity contribution in [1.82, 2.24) is 19.9 Å². The summed E-state index contributed by atoms with van der Waals surface area (Å²) in [4.78, 5) is 49.1. The van der Waals surface area contributed by atoms with Crippen molar-refractivity contribution in [2.24, 2.45) is 5.92 Å². The van der Waals surface area contributed by atoms with Gasteiger partial charge < -0.3 is 20.3 Å². The van der Waals surface area contributed by atoms with E-state index in [1.54, 1.807) is 18.2 Å². The lowest BCUT2D eigenvalue weighted by Crippen LogP contribution is -2.44. The largest absolute Gasteiger partial charge is 0.492 e. The van der Waals surface area contributed by atoms with Gasteiger partial charge in [-0.25, -0.2) is 4.98 Å². The highest BCUT2D eigenvalue weighted by Crippen LogP contribution is 2.29. The minimum atomic E-state index is -0.361. The predicted octanol–water partition coefficient (Wildman–Crippen LogP) is 2.63. The molecular formula is C24H30N6O4S. The Kier molecular flexibility index (Phi) is 7.64. The van der Waals surface area contributed by atoms with Crippen molar-refractivity contribution in [1.29, 1.82) is 0 Å². The minimum absolute atomic E-state index is 0.0446. The molecule has 186 valence electrons. The molecule has 1 atom stereocenters. The molecule has 1 aliphatic heterocycles. The first kappa shape index (κ1) is 24.6. The first-order chi connectivity index (χ1) is 16.9. The highest BCUT2D eigenvalue weighted by Gasteiger charge is 2.28. The Hall–Kier alpha value is -3.47. The summed E-state index contributed by atoms with van der Waals surface area (Å²) in [5.41, 5.74) is 0.572. The summed E-state index contributed by atoms with van der Waals surface area (Å²) in [5.74, 6) is 0.132. The quantitative estimate of drug-likeness (QED) is 0.490. The van der Waals surface area contributed by atoms with E-state index >= 15 is 0 Å². The molecule has 0 radical (unpaired) electrons. The van der Waals surface area contributed by atoms with E-state index in [1.807, 2.05) is 31.7 Å². The fourth-order valence-corrected chi connectivity index (χ4v) is 5.05. The fraction of sp³-hybridized carbons (Fsp3) is 0.458. The third-order valence-electron chi connectivity index (χ3n) is 5.64. The zero-order valence-corrected chi connectivity index (χ0v) is 20.9. The maximum Gasteiger partial charge on any atom is 0.273 e. The maximum atomic E-state index is 13.1. The Morgan fingerprint density at radius 2 is 2.09 bits per heavy atom. The SMILES string of the molecule is CCOc1ccccc1NC(=O)Cn1cnc2nc(N3CCCC(C(=O)NC(C)C)C3)sc2c1=O. The second kappa shape index (κ2) is 10.9.